The second-order valence-corrected chi connectivity index (χ2v) is 3.29. The second kappa shape index (κ2) is 2.70. The average molecular weight is 139 g/mol. The molecule has 0 aromatic carbocycles. The molecule has 2 heteroatoms. The maximum Gasteiger partial charge on any atom is 0.155 e. The van der Waals surface area contributed by atoms with E-state index in [1.807, 2.05) is 0 Å². The Hall–Kier alpha value is -0.370. The first-order valence-corrected chi connectivity index (χ1v) is 4.27. The number of hydrogen-bond acceptors (Lipinski definition) is 1. The van der Waals surface area contributed by atoms with Gasteiger partial charge in [0.25, 0.3) is 0 Å². The number of hydrogen-bond donors (Lipinski definition) is 2. The predicted molar refractivity (Wildman–Crippen MR) is 41.0 cm³/mol. The number of rotatable bonds is 0. The third-order valence-corrected chi connectivity index (χ3v) is 2.60. The zero-order valence-electron chi connectivity index (χ0n) is 6.27. The van der Waals surface area contributed by atoms with Crippen LogP contribution in [0.15, 0.2) is 0 Å². The minimum atomic E-state index is 0.669. The van der Waals surface area contributed by atoms with Crippen LogP contribution in [0.4, 0.5) is 0 Å². The van der Waals surface area contributed by atoms with E-state index in [9.17, 15) is 0 Å². The van der Waals surface area contributed by atoms with E-state index >= 15 is 0 Å². The van der Waals surface area contributed by atoms with Gasteiger partial charge in [0.2, 0.25) is 0 Å². The monoisotopic (exact) mass is 139 g/mol. The normalized spacial score (nSPS) is 39.2. The van der Waals surface area contributed by atoms with Gasteiger partial charge in [0.1, 0.15) is 6.54 Å². The molecule has 2 rings (SSSR count). The van der Waals surface area contributed by atoms with Gasteiger partial charge in [0.15, 0.2) is 6.21 Å². The van der Waals surface area contributed by atoms with Crippen molar-refractivity contribution in [2.75, 3.05) is 13.1 Å². The lowest BCUT2D eigenvalue weighted by atomic mass is 9.87. The Labute approximate surface area is 61.7 Å². The molecule has 0 aliphatic carbocycles. The largest absolute Gasteiger partial charge is 0.305 e. The molecule has 2 aliphatic heterocycles. The highest BCUT2D eigenvalue weighted by Gasteiger charge is 2.27. The van der Waals surface area contributed by atoms with Crippen LogP contribution in [0.1, 0.15) is 19.3 Å². The second-order valence-electron chi connectivity index (χ2n) is 3.29. The lowest BCUT2D eigenvalue weighted by molar-refractivity contribution is -0.462. The summed E-state index contributed by atoms with van der Waals surface area (Å²) in [6.07, 6.45) is 6.38. The predicted octanol–water partition coefficient (Wildman–Crippen LogP) is -1.09. The highest BCUT2D eigenvalue weighted by molar-refractivity contribution is 5.59. The molecule has 0 aromatic rings. The summed E-state index contributed by atoms with van der Waals surface area (Å²) in [5.74, 6) is 0.926. The van der Waals surface area contributed by atoms with E-state index in [0.29, 0.717) is 6.04 Å². The molecule has 10 heavy (non-hydrogen) atoms. The van der Waals surface area contributed by atoms with Gasteiger partial charge in [0, 0.05) is 6.42 Å². The molecule has 2 N–H and O–H groups in total. The summed E-state index contributed by atoms with van der Waals surface area (Å²) in [6.45, 7) is 2.39. The third-order valence-electron chi connectivity index (χ3n) is 2.60. The van der Waals surface area contributed by atoms with Crippen LogP contribution in [-0.2, 0) is 0 Å². The Balaban J connectivity index is 2.03. The number of fused-ring (bicyclic) bond motifs is 1. The fourth-order valence-corrected chi connectivity index (χ4v) is 1.98. The Morgan fingerprint density at radius 2 is 2.40 bits per heavy atom. The van der Waals surface area contributed by atoms with Crippen molar-refractivity contribution in [2.45, 2.75) is 25.3 Å². The number of nitrogens with one attached hydrogen (secondary N) is 2. The van der Waals surface area contributed by atoms with Crippen molar-refractivity contribution in [3.63, 3.8) is 0 Å². The Bertz CT molecular complexity index is 142. The molecule has 0 saturated carbocycles. The van der Waals surface area contributed by atoms with Crippen molar-refractivity contribution in [3.8, 4) is 0 Å². The van der Waals surface area contributed by atoms with Crippen LogP contribution < -0.4 is 10.3 Å². The highest BCUT2D eigenvalue weighted by atomic mass is 15.0. The maximum absolute atomic E-state index is 3.50. The van der Waals surface area contributed by atoms with E-state index in [4.69, 9.17) is 0 Å². The molecule has 2 heterocycles. The lowest BCUT2D eigenvalue weighted by Gasteiger charge is -2.29. The topological polar surface area (TPSA) is 26.0 Å². The fraction of sp³-hybridized carbons (Fsp3) is 0.875. The molecule has 2 aliphatic rings. The van der Waals surface area contributed by atoms with Crippen molar-refractivity contribution in [2.24, 2.45) is 5.92 Å². The molecule has 0 aromatic heterocycles. The van der Waals surface area contributed by atoms with Crippen molar-refractivity contribution in [1.82, 2.24) is 5.32 Å². The van der Waals surface area contributed by atoms with Crippen LogP contribution in [0, 0.1) is 5.92 Å². The van der Waals surface area contributed by atoms with Crippen molar-refractivity contribution < 1.29 is 4.99 Å². The molecular formula is C8H15N2+. The van der Waals surface area contributed by atoms with Crippen molar-refractivity contribution in [3.05, 3.63) is 0 Å². The summed E-state index contributed by atoms with van der Waals surface area (Å²) in [6, 6.07) is 0.669. The SMILES string of the molecule is C1=[NH+]CCC2CCCNC12. The first-order valence-electron chi connectivity index (χ1n) is 4.27. The third kappa shape index (κ3) is 1.08. The molecule has 1 fully saturated rings. The standard InChI is InChI=1S/C8H14N2/c1-2-7-3-5-9-6-8(7)10-4-1/h6-8,10H,1-5H2/p+1. The molecule has 0 amide bonds. The molecule has 0 spiro atoms. The zero-order chi connectivity index (χ0) is 6.81. The Morgan fingerprint density at radius 3 is 3.30 bits per heavy atom. The molecule has 2 unspecified atom stereocenters. The molecular weight excluding hydrogens is 124 g/mol. The molecule has 56 valence electrons. The summed E-state index contributed by atoms with van der Waals surface area (Å²) in [7, 11) is 0. The summed E-state index contributed by atoms with van der Waals surface area (Å²) < 4.78 is 0. The van der Waals surface area contributed by atoms with Gasteiger partial charge in [-0.2, -0.15) is 0 Å². The van der Waals surface area contributed by atoms with Gasteiger partial charge in [-0.1, -0.05) is 0 Å². The minimum Gasteiger partial charge on any atom is -0.305 e. The van der Waals surface area contributed by atoms with Crippen LogP contribution in [0.5, 0.6) is 0 Å². The van der Waals surface area contributed by atoms with Gasteiger partial charge in [-0.25, -0.2) is 0 Å². The van der Waals surface area contributed by atoms with Crippen LogP contribution in [0.25, 0.3) is 0 Å². The highest BCUT2D eigenvalue weighted by Crippen LogP contribution is 2.18. The quantitative estimate of drug-likeness (QED) is 0.438. The fourth-order valence-electron chi connectivity index (χ4n) is 1.98. The Morgan fingerprint density at radius 1 is 1.40 bits per heavy atom. The Kier molecular flexibility index (Phi) is 1.72. The smallest absolute Gasteiger partial charge is 0.155 e. The van der Waals surface area contributed by atoms with E-state index in [-0.39, 0.29) is 0 Å². The van der Waals surface area contributed by atoms with Gasteiger partial charge in [-0.15, -0.1) is 0 Å². The van der Waals surface area contributed by atoms with Crippen LogP contribution in [0.3, 0.4) is 0 Å². The van der Waals surface area contributed by atoms with Crippen molar-refractivity contribution in [1.29, 1.82) is 0 Å². The van der Waals surface area contributed by atoms with Gasteiger partial charge in [0.05, 0.1) is 6.04 Å². The van der Waals surface area contributed by atoms with E-state index < -0.39 is 0 Å². The summed E-state index contributed by atoms with van der Waals surface area (Å²) >= 11 is 0. The zero-order valence-corrected chi connectivity index (χ0v) is 6.27. The van der Waals surface area contributed by atoms with Crippen molar-refractivity contribution >= 4 is 6.21 Å². The van der Waals surface area contributed by atoms with Gasteiger partial charge in [-0.05, 0) is 25.3 Å². The van der Waals surface area contributed by atoms with E-state index in [1.54, 1.807) is 0 Å². The maximum atomic E-state index is 3.50. The molecule has 2 atom stereocenters. The lowest BCUT2D eigenvalue weighted by Crippen LogP contribution is -2.76. The van der Waals surface area contributed by atoms with Gasteiger partial charge < -0.3 is 5.32 Å². The summed E-state index contributed by atoms with van der Waals surface area (Å²) in [5.41, 5.74) is 0. The van der Waals surface area contributed by atoms with E-state index in [1.165, 1.54) is 32.4 Å². The van der Waals surface area contributed by atoms with Gasteiger partial charge in [-0.3, -0.25) is 4.99 Å². The van der Waals surface area contributed by atoms with Crippen LogP contribution >= 0.6 is 0 Å². The van der Waals surface area contributed by atoms with Crippen LogP contribution in [-0.4, -0.2) is 25.3 Å². The first kappa shape index (κ1) is 6.35. The summed E-state index contributed by atoms with van der Waals surface area (Å²) in [5, 5.41) is 3.50. The first-order chi connectivity index (χ1) is 4.97. The van der Waals surface area contributed by atoms with E-state index in [2.05, 4.69) is 16.5 Å². The minimum absolute atomic E-state index is 0.669. The molecule has 2 nitrogen and oxygen atoms in total. The molecule has 0 bridgehead atoms. The van der Waals surface area contributed by atoms with Crippen LogP contribution in [0.2, 0.25) is 0 Å². The summed E-state index contributed by atoms with van der Waals surface area (Å²) in [4.78, 5) is 3.30. The molecule has 0 radical (unpaired) electrons. The van der Waals surface area contributed by atoms with E-state index in [0.717, 1.165) is 5.92 Å². The van der Waals surface area contributed by atoms with Gasteiger partial charge >= 0.3 is 0 Å². The molecule has 1 saturated heterocycles. The number of piperidine rings is 1. The average Bonchev–Trinajstić information content (AvgIpc) is 2.05.